The van der Waals surface area contributed by atoms with Crippen molar-refractivity contribution < 1.29 is 19.1 Å². The molecule has 4 aromatic rings. The van der Waals surface area contributed by atoms with Crippen molar-refractivity contribution in [3.63, 3.8) is 0 Å². The first kappa shape index (κ1) is 23.2. The van der Waals surface area contributed by atoms with Crippen molar-refractivity contribution in [2.24, 2.45) is 5.92 Å². The van der Waals surface area contributed by atoms with Gasteiger partial charge in [-0.2, -0.15) is 4.98 Å². The summed E-state index contributed by atoms with van der Waals surface area (Å²) in [7, 11) is 0. The number of ether oxygens (including phenoxy) is 1. The van der Waals surface area contributed by atoms with E-state index in [1.165, 1.54) is 23.4 Å². The monoisotopic (exact) mass is 468 g/mol. The van der Waals surface area contributed by atoms with Gasteiger partial charge in [0.2, 0.25) is 0 Å². The summed E-state index contributed by atoms with van der Waals surface area (Å²) >= 11 is 1.49. The smallest absolute Gasteiger partial charge is 0.290 e. The Labute approximate surface area is 196 Å². The van der Waals surface area contributed by atoms with Crippen molar-refractivity contribution in [1.29, 1.82) is 0 Å². The van der Waals surface area contributed by atoms with Gasteiger partial charge in [-0.1, -0.05) is 25.2 Å². The second-order valence-electron chi connectivity index (χ2n) is 8.40. The van der Waals surface area contributed by atoms with Gasteiger partial charge in [0.15, 0.2) is 5.65 Å². The molecule has 0 spiro atoms. The van der Waals surface area contributed by atoms with Gasteiger partial charge in [0, 0.05) is 62.5 Å². The minimum atomic E-state index is -0.250. The SMILES string of the molecule is CC(C)CN1CCN(Cc2coc3cc(Oc4nc5ncccc5s4)ccc23)CC1.O=CO. The van der Waals surface area contributed by atoms with Gasteiger partial charge < -0.3 is 19.2 Å². The summed E-state index contributed by atoms with van der Waals surface area (Å²) in [5.41, 5.74) is 2.80. The normalized spacial score (nSPS) is 15.0. The van der Waals surface area contributed by atoms with Gasteiger partial charge in [-0.25, -0.2) is 4.98 Å². The molecule has 0 radical (unpaired) electrons. The van der Waals surface area contributed by atoms with Gasteiger partial charge in [0.05, 0.1) is 11.0 Å². The molecule has 9 heteroatoms. The van der Waals surface area contributed by atoms with Gasteiger partial charge in [-0.15, -0.1) is 0 Å². The molecule has 33 heavy (non-hydrogen) atoms. The van der Waals surface area contributed by atoms with Crippen molar-refractivity contribution in [2.75, 3.05) is 32.7 Å². The number of piperazine rings is 1. The first-order chi connectivity index (χ1) is 16.1. The largest absolute Gasteiger partial charge is 0.483 e. The Kier molecular flexibility index (Phi) is 7.54. The highest BCUT2D eigenvalue weighted by Crippen LogP contribution is 2.33. The maximum atomic E-state index is 8.36. The summed E-state index contributed by atoms with van der Waals surface area (Å²) in [5.74, 6) is 1.45. The zero-order valence-corrected chi connectivity index (χ0v) is 19.6. The minimum Gasteiger partial charge on any atom is -0.483 e. The minimum absolute atomic E-state index is 0.250. The van der Waals surface area contributed by atoms with E-state index in [0.29, 0.717) is 10.8 Å². The standard InChI is InChI=1S/C23H26N4O2S.CH2O2/c1-16(2)13-26-8-10-27(11-9-26)14-17-15-28-20-12-18(5-6-19(17)20)29-23-25-22-21(30-23)4-3-7-24-22;2-1-3/h3-7,12,15-16H,8-11,13-14H2,1-2H3;1H,(H,2,3). The van der Waals surface area contributed by atoms with Gasteiger partial charge >= 0.3 is 0 Å². The Bertz CT molecular complexity index is 1160. The van der Waals surface area contributed by atoms with Crippen LogP contribution < -0.4 is 4.74 Å². The second-order valence-corrected chi connectivity index (χ2v) is 9.40. The van der Waals surface area contributed by atoms with E-state index in [2.05, 4.69) is 39.7 Å². The third-order valence-corrected chi connectivity index (χ3v) is 6.35. The van der Waals surface area contributed by atoms with E-state index in [1.54, 1.807) is 6.20 Å². The Morgan fingerprint density at radius 3 is 2.70 bits per heavy atom. The molecule has 0 aliphatic carbocycles. The van der Waals surface area contributed by atoms with E-state index in [-0.39, 0.29) is 6.47 Å². The second kappa shape index (κ2) is 10.7. The lowest BCUT2D eigenvalue weighted by Crippen LogP contribution is -2.46. The van der Waals surface area contributed by atoms with Crippen LogP contribution in [0.3, 0.4) is 0 Å². The molecule has 0 atom stereocenters. The lowest BCUT2D eigenvalue weighted by Gasteiger charge is -2.35. The van der Waals surface area contributed by atoms with E-state index in [0.717, 1.165) is 60.1 Å². The number of carbonyl (C=O) groups is 1. The third kappa shape index (κ3) is 5.87. The summed E-state index contributed by atoms with van der Waals surface area (Å²) in [4.78, 5) is 22.1. The van der Waals surface area contributed by atoms with Crippen LogP contribution in [-0.2, 0) is 11.3 Å². The molecule has 1 aliphatic heterocycles. The maximum Gasteiger partial charge on any atom is 0.290 e. The topological polar surface area (TPSA) is 91.9 Å². The molecule has 5 rings (SSSR count). The molecule has 1 fully saturated rings. The number of furan rings is 1. The quantitative estimate of drug-likeness (QED) is 0.407. The molecular weight excluding hydrogens is 440 g/mol. The lowest BCUT2D eigenvalue weighted by molar-refractivity contribution is -0.122. The number of hydrogen-bond acceptors (Lipinski definition) is 8. The third-order valence-electron chi connectivity index (χ3n) is 5.46. The van der Waals surface area contributed by atoms with Crippen LogP contribution in [0.4, 0.5) is 0 Å². The number of thiazole rings is 1. The Morgan fingerprint density at radius 1 is 1.21 bits per heavy atom. The number of pyridine rings is 1. The fourth-order valence-electron chi connectivity index (χ4n) is 4.03. The van der Waals surface area contributed by atoms with Crippen LogP contribution in [0.25, 0.3) is 21.3 Å². The van der Waals surface area contributed by atoms with E-state index in [4.69, 9.17) is 19.1 Å². The number of benzene rings is 1. The molecule has 8 nitrogen and oxygen atoms in total. The molecule has 0 unspecified atom stereocenters. The molecule has 3 aromatic heterocycles. The number of carboxylic acid groups (broad SMARTS) is 1. The highest BCUT2D eigenvalue weighted by atomic mass is 32.1. The predicted octanol–water partition coefficient (Wildman–Crippen LogP) is 4.70. The van der Waals surface area contributed by atoms with Crippen molar-refractivity contribution in [1.82, 2.24) is 19.8 Å². The van der Waals surface area contributed by atoms with Crippen molar-refractivity contribution in [2.45, 2.75) is 20.4 Å². The van der Waals surface area contributed by atoms with Gasteiger partial charge in [0.1, 0.15) is 11.3 Å². The molecule has 0 saturated carbocycles. The van der Waals surface area contributed by atoms with E-state index in [9.17, 15) is 0 Å². The summed E-state index contributed by atoms with van der Waals surface area (Å²) in [6, 6.07) is 9.92. The number of rotatable bonds is 6. The summed E-state index contributed by atoms with van der Waals surface area (Å²) in [5, 5.41) is 8.63. The molecule has 1 aliphatic rings. The van der Waals surface area contributed by atoms with Crippen LogP contribution >= 0.6 is 11.3 Å². The molecule has 0 amide bonds. The summed E-state index contributed by atoms with van der Waals surface area (Å²) in [6.07, 6.45) is 3.63. The number of fused-ring (bicyclic) bond motifs is 2. The van der Waals surface area contributed by atoms with E-state index in [1.807, 2.05) is 30.5 Å². The highest BCUT2D eigenvalue weighted by Gasteiger charge is 2.19. The first-order valence-electron chi connectivity index (χ1n) is 11.0. The van der Waals surface area contributed by atoms with Gasteiger partial charge in [-0.3, -0.25) is 9.69 Å². The fourth-order valence-corrected chi connectivity index (χ4v) is 4.82. The fraction of sp³-hybridized carbons (Fsp3) is 0.375. The average Bonchev–Trinajstić information content (AvgIpc) is 3.38. The molecule has 1 aromatic carbocycles. The highest BCUT2D eigenvalue weighted by molar-refractivity contribution is 7.20. The van der Waals surface area contributed by atoms with Crippen LogP contribution in [0, 0.1) is 5.92 Å². The number of hydrogen-bond donors (Lipinski definition) is 1. The lowest BCUT2D eigenvalue weighted by atomic mass is 10.1. The first-order valence-corrected chi connectivity index (χ1v) is 11.8. The van der Waals surface area contributed by atoms with Crippen LogP contribution in [0.2, 0.25) is 0 Å². The summed E-state index contributed by atoms with van der Waals surface area (Å²) in [6.45, 7) is 10.9. The molecule has 4 heterocycles. The Morgan fingerprint density at radius 2 is 1.97 bits per heavy atom. The van der Waals surface area contributed by atoms with Crippen LogP contribution in [0.5, 0.6) is 10.9 Å². The zero-order valence-electron chi connectivity index (χ0n) is 18.8. The van der Waals surface area contributed by atoms with Crippen LogP contribution in [0.1, 0.15) is 19.4 Å². The van der Waals surface area contributed by atoms with Crippen molar-refractivity contribution in [3.05, 3.63) is 48.4 Å². The Hall–Kier alpha value is -3.01. The average molecular weight is 469 g/mol. The predicted molar refractivity (Wildman–Crippen MR) is 129 cm³/mol. The van der Waals surface area contributed by atoms with E-state index < -0.39 is 0 Å². The Balaban J connectivity index is 0.000000821. The van der Waals surface area contributed by atoms with Crippen LogP contribution in [-0.4, -0.2) is 64.1 Å². The molecular formula is C24H28N4O4S. The maximum absolute atomic E-state index is 8.36. The zero-order chi connectivity index (χ0) is 23.2. The summed E-state index contributed by atoms with van der Waals surface area (Å²) < 4.78 is 12.8. The molecule has 1 N–H and O–H groups in total. The molecule has 174 valence electrons. The molecule has 0 bridgehead atoms. The number of nitrogens with zero attached hydrogens (tertiary/aromatic N) is 4. The van der Waals surface area contributed by atoms with Crippen LogP contribution in [0.15, 0.2) is 47.2 Å². The van der Waals surface area contributed by atoms with Gasteiger partial charge in [0.25, 0.3) is 11.7 Å². The number of aromatic nitrogens is 2. The van der Waals surface area contributed by atoms with Crippen molar-refractivity contribution in [3.8, 4) is 10.9 Å². The van der Waals surface area contributed by atoms with E-state index >= 15 is 0 Å². The van der Waals surface area contributed by atoms with Crippen molar-refractivity contribution >= 4 is 39.1 Å². The molecule has 1 saturated heterocycles. The van der Waals surface area contributed by atoms with Gasteiger partial charge in [-0.05, 0) is 30.2 Å².